The third-order valence-electron chi connectivity index (χ3n) is 4.84. The van der Waals surface area contributed by atoms with Crippen molar-refractivity contribution in [1.29, 1.82) is 0 Å². The fourth-order valence-corrected chi connectivity index (χ4v) is 3.44. The van der Waals surface area contributed by atoms with Crippen LogP contribution in [0.5, 0.6) is 0 Å². The Morgan fingerprint density at radius 2 is 1.97 bits per heavy atom. The van der Waals surface area contributed by atoms with E-state index in [0.717, 1.165) is 36.5 Å². The minimum atomic E-state index is 0. The normalized spacial score (nSPS) is 13.6. The summed E-state index contributed by atoms with van der Waals surface area (Å²) in [4.78, 5) is 18.8. The van der Waals surface area contributed by atoms with E-state index in [2.05, 4.69) is 31.9 Å². The molecule has 4 rings (SSSR count). The minimum absolute atomic E-state index is 0. The van der Waals surface area contributed by atoms with Crippen LogP contribution in [-0.4, -0.2) is 46.6 Å². The number of guanidine groups is 1. The maximum atomic E-state index is 12.7. The molecular formula is C20H24IN7O. The number of pyridine rings is 1. The summed E-state index contributed by atoms with van der Waals surface area (Å²) in [5, 5.41) is 14.6. The summed E-state index contributed by atoms with van der Waals surface area (Å²) < 4.78 is 1.91. The second-order valence-corrected chi connectivity index (χ2v) is 6.60. The SMILES string of the molecule is CN=C(NCC(=O)N1CCCc2ccccc21)NCc1nnc2ccccn12.I. The van der Waals surface area contributed by atoms with Crippen LogP contribution in [-0.2, 0) is 17.8 Å². The molecule has 8 nitrogen and oxygen atoms in total. The zero-order valence-electron chi connectivity index (χ0n) is 16.2. The Labute approximate surface area is 186 Å². The number of rotatable bonds is 4. The molecule has 1 aromatic carbocycles. The second-order valence-electron chi connectivity index (χ2n) is 6.60. The number of fused-ring (bicyclic) bond motifs is 2. The van der Waals surface area contributed by atoms with Gasteiger partial charge in [-0.25, -0.2) is 0 Å². The van der Waals surface area contributed by atoms with Crippen molar-refractivity contribution >= 4 is 47.2 Å². The van der Waals surface area contributed by atoms with Crippen LogP contribution in [0.25, 0.3) is 5.65 Å². The first-order valence-corrected chi connectivity index (χ1v) is 9.37. The van der Waals surface area contributed by atoms with Crippen LogP contribution >= 0.6 is 24.0 Å². The minimum Gasteiger partial charge on any atom is -0.349 e. The maximum Gasteiger partial charge on any atom is 0.246 e. The molecule has 0 saturated heterocycles. The first-order chi connectivity index (χ1) is 13.8. The third kappa shape index (κ3) is 4.66. The van der Waals surface area contributed by atoms with Gasteiger partial charge in [0.05, 0.1) is 13.1 Å². The number of hydrogen-bond donors (Lipinski definition) is 2. The van der Waals surface area contributed by atoms with Gasteiger partial charge in [-0.3, -0.25) is 14.2 Å². The Balaban J connectivity index is 0.00000240. The standard InChI is InChI=1S/C20H23N7O.HI/c1-21-20(22-13-18-25-24-17-10-4-5-11-27(17)18)23-14-19(28)26-12-6-8-15-7-2-3-9-16(15)26;/h2-5,7,9-11H,6,8,12-14H2,1H3,(H2,21,22,23);1H. The monoisotopic (exact) mass is 505 g/mol. The van der Waals surface area contributed by atoms with Gasteiger partial charge in [0.2, 0.25) is 5.91 Å². The molecular weight excluding hydrogens is 481 g/mol. The van der Waals surface area contributed by atoms with Gasteiger partial charge >= 0.3 is 0 Å². The summed E-state index contributed by atoms with van der Waals surface area (Å²) in [6, 6.07) is 13.8. The molecule has 0 unspecified atom stereocenters. The zero-order chi connectivity index (χ0) is 19.3. The molecule has 1 aliphatic rings. The Kier molecular flexibility index (Phi) is 7.02. The first-order valence-electron chi connectivity index (χ1n) is 9.37. The summed E-state index contributed by atoms with van der Waals surface area (Å²) in [6.07, 6.45) is 3.92. The Bertz CT molecular complexity index is 1020. The average molecular weight is 505 g/mol. The van der Waals surface area contributed by atoms with E-state index in [1.54, 1.807) is 7.05 Å². The topological polar surface area (TPSA) is 86.9 Å². The number of halogens is 1. The number of carbonyl (C=O) groups excluding carboxylic acids is 1. The average Bonchev–Trinajstić information content (AvgIpc) is 3.16. The number of aryl methyl sites for hydroxylation is 1. The lowest BCUT2D eigenvalue weighted by atomic mass is 10.0. The lowest BCUT2D eigenvalue weighted by Gasteiger charge is -2.29. The van der Waals surface area contributed by atoms with Crippen molar-refractivity contribution in [2.75, 3.05) is 25.0 Å². The van der Waals surface area contributed by atoms with E-state index in [4.69, 9.17) is 0 Å². The Hall–Kier alpha value is -2.69. The number of carbonyl (C=O) groups is 1. The van der Waals surface area contributed by atoms with Crippen molar-refractivity contribution in [2.45, 2.75) is 19.4 Å². The van der Waals surface area contributed by atoms with E-state index < -0.39 is 0 Å². The number of benzene rings is 1. The molecule has 0 saturated carbocycles. The quantitative estimate of drug-likeness (QED) is 0.322. The molecule has 29 heavy (non-hydrogen) atoms. The lowest BCUT2D eigenvalue weighted by Crippen LogP contribution is -2.46. The molecule has 0 aliphatic carbocycles. The lowest BCUT2D eigenvalue weighted by molar-refractivity contribution is -0.117. The Morgan fingerprint density at radius 3 is 2.83 bits per heavy atom. The highest BCUT2D eigenvalue weighted by Gasteiger charge is 2.22. The molecule has 2 aromatic heterocycles. The number of aromatic nitrogens is 3. The van der Waals surface area contributed by atoms with Gasteiger partial charge in [-0.1, -0.05) is 24.3 Å². The molecule has 1 amide bonds. The number of hydrogen-bond acceptors (Lipinski definition) is 4. The molecule has 0 spiro atoms. The summed E-state index contributed by atoms with van der Waals surface area (Å²) in [7, 11) is 1.68. The molecule has 1 aliphatic heterocycles. The predicted octanol–water partition coefficient (Wildman–Crippen LogP) is 1.99. The fraction of sp³-hybridized carbons (Fsp3) is 0.300. The van der Waals surface area contributed by atoms with Crippen LogP contribution < -0.4 is 15.5 Å². The van der Waals surface area contributed by atoms with Crippen molar-refractivity contribution in [3.63, 3.8) is 0 Å². The van der Waals surface area contributed by atoms with Crippen LogP contribution in [0.4, 0.5) is 5.69 Å². The van der Waals surface area contributed by atoms with E-state index in [1.165, 1.54) is 5.56 Å². The molecule has 0 fully saturated rings. The van der Waals surface area contributed by atoms with Gasteiger partial charge in [0, 0.05) is 25.5 Å². The van der Waals surface area contributed by atoms with Crippen molar-refractivity contribution in [1.82, 2.24) is 25.2 Å². The highest BCUT2D eigenvalue weighted by atomic mass is 127. The molecule has 3 heterocycles. The number of para-hydroxylation sites is 1. The van der Waals surface area contributed by atoms with Crippen molar-refractivity contribution in [3.05, 3.63) is 60.0 Å². The molecule has 2 N–H and O–H groups in total. The van der Waals surface area contributed by atoms with Crippen molar-refractivity contribution < 1.29 is 4.79 Å². The molecule has 152 valence electrons. The summed E-state index contributed by atoms with van der Waals surface area (Å²) in [5.41, 5.74) is 3.03. The maximum absolute atomic E-state index is 12.7. The van der Waals surface area contributed by atoms with E-state index in [1.807, 2.05) is 51.9 Å². The van der Waals surface area contributed by atoms with Crippen LogP contribution in [0.1, 0.15) is 17.8 Å². The largest absolute Gasteiger partial charge is 0.349 e. The van der Waals surface area contributed by atoms with E-state index in [9.17, 15) is 4.79 Å². The van der Waals surface area contributed by atoms with Crippen molar-refractivity contribution in [3.8, 4) is 0 Å². The number of aliphatic imine (C=N–C) groups is 1. The van der Waals surface area contributed by atoms with E-state index in [-0.39, 0.29) is 36.4 Å². The fourth-order valence-electron chi connectivity index (χ4n) is 3.44. The van der Waals surface area contributed by atoms with Gasteiger partial charge < -0.3 is 15.5 Å². The highest BCUT2D eigenvalue weighted by Crippen LogP contribution is 2.26. The number of nitrogens with zero attached hydrogens (tertiary/aromatic N) is 5. The van der Waals surface area contributed by atoms with E-state index in [0.29, 0.717) is 12.5 Å². The second kappa shape index (κ2) is 9.68. The zero-order valence-corrected chi connectivity index (χ0v) is 18.5. The van der Waals surface area contributed by atoms with Gasteiger partial charge in [-0.05, 0) is 36.6 Å². The first kappa shape index (κ1) is 21.0. The molecule has 9 heteroatoms. The molecule has 3 aromatic rings. The Morgan fingerprint density at radius 1 is 1.14 bits per heavy atom. The molecule has 0 radical (unpaired) electrons. The number of anilines is 1. The van der Waals surface area contributed by atoms with Gasteiger partial charge in [-0.2, -0.15) is 0 Å². The smallest absolute Gasteiger partial charge is 0.246 e. The van der Waals surface area contributed by atoms with Crippen LogP contribution in [0, 0.1) is 0 Å². The van der Waals surface area contributed by atoms with Crippen LogP contribution in [0.3, 0.4) is 0 Å². The number of amides is 1. The number of nitrogens with one attached hydrogen (secondary N) is 2. The van der Waals surface area contributed by atoms with Crippen LogP contribution in [0.15, 0.2) is 53.7 Å². The highest BCUT2D eigenvalue weighted by molar-refractivity contribution is 14.0. The van der Waals surface area contributed by atoms with Crippen LogP contribution in [0.2, 0.25) is 0 Å². The van der Waals surface area contributed by atoms with Gasteiger partial charge in [0.1, 0.15) is 0 Å². The predicted molar refractivity (Wildman–Crippen MR) is 124 cm³/mol. The summed E-state index contributed by atoms with van der Waals surface area (Å²) >= 11 is 0. The van der Waals surface area contributed by atoms with Crippen molar-refractivity contribution in [2.24, 2.45) is 4.99 Å². The van der Waals surface area contributed by atoms with E-state index >= 15 is 0 Å². The van der Waals surface area contributed by atoms with Gasteiger partial charge in [0.15, 0.2) is 17.4 Å². The van der Waals surface area contributed by atoms with Gasteiger partial charge in [0.25, 0.3) is 0 Å². The summed E-state index contributed by atoms with van der Waals surface area (Å²) in [5.74, 6) is 1.35. The molecule has 0 bridgehead atoms. The molecule has 0 atom stereocenters. The summed E-state index contributed by atoms with van der Waals surface area (Å²) in [6.45, 7) is 1.37. The van der Waals surface area contributed by atoms with Gasteiger partial charge in [-0.15, -0.1) is 34.2 Å². The third-order valence-corrected chi connectivity index (χ3v) is 4.84.